The van der Waals surface area contributed by atoms with Crippen molar-refractivity contribution in [2.45, 2.75) is 32.7 Å². The number of aromatic nitrogens is 3. The van der Waals surface area contributed by atoms with E-state index in [9.17, 15) is 4.79 Å². The summed E-state index contributed by atoms with van der Waals surface area (Å²) in [6, 6.07) is 10.1. The second-order valence-corrected chi connectivity index (χ2v) is 7.76. The van der Waals surface area contributed by atoms with Crippen LogP contribution in [0.4, 0.5) is 5.95 Å². The molecular formula is C19H21N5OS. The molecule has 1 aliphatic rings. The molecule has 0 spiro atoms. The molecule has 3 heterocycles. The van der Waals surface area contributed by atoms with Crippen molar-refractivity contribution in [3.8, 4) is 0 Å². The molecule has 6 nitrogen and oxygen atoms in total. The van der Waals surface area contributed by atoms with E-state index in [4.69, 9.17) is 0 Å². The molecule has 26 heavy (non-hydrogen) atoms. The Hall–Kier alpha value is -2.54. The summed E-state index contributed by atoms with van der Waals surface area (Å²) in [4.78, 5) is 28.4. The summed E-state index contributed by atoms with van der Waals surface area (Å²) in [5.74, 6) is 0.427. The number of likely N-dealkylation sites (tertiary alicyclic amines) is 1. The van der Waals surface area contributed by atoms with E-state index in [1.54, 1.807) is 0 Å². The third-order valence-corrected chi connectivity index (χ3v) is 5.57. The smallest absolute Gasteiger partial charge is 0.274 e. The predicted molar refractivity (Wildman–Crippen MR) is 104 cm³/mol. The highest BCUT2D eigenvalue weighted by molar-refractivity contribution is 7.18. The van der Waals surface area contributed by atoms with E-state index in [2.05, 4.69) is 39.3 Å². The van der Waals surface area contributed by atoms with Gasteiger partial charge in [-0.1, -0.05) is 30.3 Å². The van der Waals surface area contributed by atoms with Crippen molar-refractivity contribution in [1.82, 2.24) is 19.9 Å². The fourth-order valence-corrected chi connectivity index (χ4v) is 4.07. The van der Waals surface area contributed by atoms with Gasteiger partial charge in [-0.3, -0.25) is 4.79 Å². The zero-order chi connectivity index (χ0) is 18.1. The number of hydrogen-bond donors (Lipinski definition) is 1. The average molecular weight is 367 g/mol. The van der Waals surface area contributed by atoms with Crippen LogP contribution in [-0.4, -0.2) is 38.8 Å². The Balaban J connectivity index is 1.70. The Morgan fingerprint density at radius 3 is 2.62 bits per heavy atom. The van der Waals surface area contributed by atoms with E-state index in [0.29, 0.717) is 17.3 Å². The summed E-state index contributed by atoms with van der Waals surface area (Å²) in [6.07, 6.45) is 2.11. The highest BCUT2D eigenvalue weighted by atomic mass is 32.1. The number of rotatable bonds is 4. The number of anilines is 1. The predicted octanol–water partition coefficient (Wildman–Crippen LogP) is 3.80. The minimum Gasteiger partial charge on any atom is -0.348 e. The minimum atomic E-state index is -0.0195. The van der Waals surface area contributed by atoms with Crippen LogP contribution in [0.3, 0.4) is 0 Å². The van der Waals surface area contributed by atoms with E-state index in [1.807, 2.05) is 30.0 Å². The van der Waals surface area contributed by atoms with Gasteiger partial charge in [0.15, 0.2) is 11.3 Å². The first-order valence-corrected chi connectivity index (χ1v) is 9.69. The van der Waals surface area contributed by atoms with Gasteiger partial charge in [0.05, 0.1) is 11.0 Å². The molecule has 0 saturated carbocycles. The zero-order valence-corrected chi connectivity index (χ0v) is 15.7. The Bertz CT molecular complexity index is 934. The van der Waals surface area contributed by atoms with Gasteiger partial charge in [-0.25, -0.2) is 9.97 Å². The molecule has 1 saturated heterocycles. The molecule has 134 valence electrons. The Labute approximate surface area is 156 Å². The molecule has 1 fully saturated rings. The molecule has 7 heteroatoms. The molecule has 0 radical (unpaired) electrons. The van der Waals surface area contributed by atoms with Gasteiger partial charge >= 0.3 is 0 Å². The number of thiazole rings is 1. The quantitative estimate of drug-likeness (QED) is 0.759. The number of amides is 1. The third-order valence-electron chi connectivity index (χ3n) is 4.60. The van der Waals surface area contributed by atoms with Crippen LogP contribution in [0.2, 0.25) is 0 Å². The molecule has 1 atom stereocenters. The highest BCUT2D eigenvalue weighted by Crippen LogP contribution is 2.27. The lowest BCUT2D eigenvalue weighted by Crippen LogP contribution is -2.29. The number of nitrogens with zero attached hydrogens (tertiary/aromatic N) is 4. The molecule has 1 amide bonds. The second-order valence-electron chi connectivity index (χ2n) is 6.56. The van der Waals surface area contributed by atoms with Gasteiger partial charge in [0, 0.05) is 13.1 Å². The molecule has 1 aliphatic heterocycles. The number of benzene rings is 1. The summed E-state index contributed by atoms with van der Waals surface area (Å²) in [5, 5.41) is 4.20. The maximum absolute atomic E-state index is 13.0. The number of aryl methyl sites for hydroxylation is 1. The lowest BCUT2D eigenvalue weighted by molar-refractivity contribution is 0.0789. The van der Waals surface area contributed by atoms with Crippen molar-refractivity contribution >= 4 is 33.5 Å². The second kappa shape index (κ2) is 6.99. The molecule has 0 bridgehead atoms. The number of nitrogens with one attached hydrogen (secondary N) is 1. The van der Waals surface area contributed by atoms with Gasteiger partial charge in [0.2, 0.25) is 5.95 Å². The minimum absolute atomic E-state index is 0.0195. The van der Waals surface area contributed by atoms with Crippen LogP contribution in [0.5, 0.6) is 0 Å². The molecule has 1 unspecified atom stereocenters. The first-order valence-electron chi connectivity index (χ1n) is 8.88. The maximum Gasteiger partial charge on any atom is 0.274 e. The van der Waals surface area contributed by atoms with Crippen molar-refractivity contribution in [1.29, 1.82) is 0 Å². The molecule has 1 aromatic carbocycles. The number of carbonyl (C=O) groups excluding carboxylic acids is 1. The van der Waals surface area contributed by atoms with Gasteiger partial charge in [-0.05, 0) is 32.3 Å². The normalized spacial score (nSPS) is 15.4. The van der Waals surface area contributed by atoms with Crippen molar-refractivity contribution < 1.29 is 4.79 Å². The SMILES string of the molecule is Cc1nc2nc(NC(C)c3ccccc3)nc(C(=O)N3CCCC3)c2s1. The van der Waals surface area contributed by atoms with Crippen LogP contribution in [-0.2, 0) is 0 Å². The van der Waals surface area contributed by atoms with E-state index in [-0.39, 0.29) is 11.9 Å². The topological polar surface area (TPSA) is 71.0 Å². The summed E-state index contributed by atoms with van der Waals surface area (Å²) in [5.41, 5.74) is 2.19. The summed E-state index contributed by atoms with van der Waals surface area (Å²) in [6.45, 7) is 5.57. The standard InChI is InChI=1S/C19H21N5OS/c1-12(14-8-4-3-5-9-14)20-19-22-15(18(25)24-10-6-7-11-24)16-17(23-19)21-13(2)26-16/h3-5,8-9,12H,6-7,10-11H2,1-2H3,(H,20,22,23). The monoisotopic (exact) mass is 367 g/mol. The van der Waals surface area contributed by atoms with Crippen LogP contribution in [0.1, 0.15) is 46.9 Å². The van der Waals surface area contributed by atoms with Gasteiger partial charge < -0.3 is 10.2 Å². The van der Waals surface area contributed by atoms with Crippen LogP contribution >= 0.6 is 11.3 Å². The average Bonchev–Trinajstić information content (AvgIpc) is 3.30. The van der Waals surface area contributed by atoms with Gasteiger partial charge in [0.1, 0.15) is 4.70 Å². The van der Waals surface area contributed by atoms with Crippen LogP contribution in [0.25, 0.3) is 10.3 Å². The maximum atomic E-state index is 13.0. The fourth-order valence-electron chi connectivity index (χ4n) is 3.23. The van der Waals surface area contributed by atoms with Crippen molar-refractivity contribution in [2.75, 3.05) is 18.4 Å². The number of fused-ring (bicyclic) bond motifs is 1. The molecule has 1 N–H and O–H groups in total. The molecule has 3 aromatic rings. The van der Waals surface area contributed by atoms with Crippen LogP contribution in [0, 0.1) is 6.92 Å². The van der Waals surface area contributed by atoms with Crippen molar-refractivity contribution in [3.05, 3.63) is 46.6 Å². The Morgan fingerprint density at radius 2 is 1.88 bits per heavy atom. The van der Waals surface area contributed by atoms with Crippen LogP contribution in [0.15, 0.2) is 30.3 Å². The van der Waals surface area contributed by atoms with E-state index in [1.165, 1.54) is 11.3 Å². The molecule has 0 aliphatic carbocycles. The highest BCUT2D eigenvalue weighted by Gasteiger charge is 2.25. The Kier molecular flexibility index (Phi) is 4.55. The first-order chi connectivity index (χ1) is 12.6. The van der Waals surface area contributed by atoms with Gasteiger partial charge in [-0.2, -0.15) is 4.98 Å². The Morgan fingerprint density at radius 1 is 1.15 bits per heavy atom. The number of hydrogen-bond acceptors (Lipinski definition) is 6. The number of carbonyl (C=O) groups is 1. The van der Waals surface area contributed by atoms with E-state index >= 15 is 0 Å². The van der Waals surface area contributed by atoms with Crippen LogP contribution < -0.4 is 5.32 Å². The van der Waals surface area contributed by atoms with E-state index in [0.717, 1.165) is 41.2 Å². The molecule has 2 aromatic heterocycles. The summed E-state index contributed by atoms with van der Waals surface area (Å²) in [7, 11) is 0. The lowest BCUT2D eigenvalue weighted by atomic mass is 10.1. The third kappa shape index (κ3) is 3.26. The van der Waals surface area contributed by atoms with Crippen molar-refractivity contribution in [3.63, 3.8) is 0 Å². The lowest BCUT2D eigenvalue weighted by Gasteiger charge is -2.17. The zero-order valence-electron chi connectivity index (χ0n) is 14.9. The largest absolute Gasteiger partial charge is 0.348 e. The van der Waals surface area contributed by atoms with E-state index < -0.39 is 0 Å². The summed E-state index contributed by atoms with van der Waals surface area (Å²) >= 11 is 1.48. The molecular weight excluding hydrogens is 346 g/mol. The first kappa shape index (κ1) is 16.9. The van der Waals surface area contributed by atoms with Gasteiger partial charge in [-0.15, -0.1) is 11.3 Å². The van der Waals surface area contributed by atoms with Crippen molar-refractivity contribution in [2.24, 2.45) is 0 Å². The van der Waals surface area contributed by atoms with Gasteiger partial charge in [0.25, 0.3) is 5.91 Å². The molecule has 4 rings (SSSR count). The summed E-state index contributed by atoms with van der Waals surface area (Å²) < 4.78 is 0.775. The fraction of sp³-hybridized carbons (Fsp3) is 0.368.